The molecule has 1 saturated heterocycles. The van der Waals surface area contributed by atoms with Crippen LogP contribution in [0.2, 0.25) is 0 Å². The molecule has 2 amide bonds. The average Bonchev–Trinajstić information content (AvgIpc) is 2.44. The summed E-state index contributed by atoms with van der Waals surface area (Å²) in [5.74, 6) is -0.343. The van der Waals surface area contributed by atoms with E-state index in [2.05, 4.69) is 5.32 Å². The highest BCUT2D eigenvalue weighted by Crippen LogP contribution is 2.01. The number of nitrogens with two attached hydrogens (primary N) is 1. The highest BCUT2D eigenvalue weighted by atomic mass is 16.5. The van der Waals surface area contributed by atoms with Crippen molar-refractivity contribution in [2.75, 3.05) is 33.3 Å². The normalized spacial score (nSPS) is 19.3. The van der Waals surface area contributed by atoms with Crippen LogP contribution in [-0.4, -0.2) is 56.1 Å². The summed E-state index contributed by atoms with van der Waals surface area (Å²) < 4.78 is 4.94. The Balaban J connectivity index is 2.60. The van der Waals surface area contributed by atoms with Crippen LogP contribution in [0, 0.1) is 0 Å². The van der Waals surface area contributed by atoms with Crippen LogP contribution in [-0.2, 0) is 14.3 Å². The molecule has 0 aromatic carbocycles. The summed E-state index contributed by atoms with van der Waals surface area (Å²) in [5.41, 5.74) is 5.39. The molecular formula is C9H17N3O3. The SMILES string of the molecule is COC(CN)C(=O)N1CCCNC(=O)C1. The molecule has 0 bridgehead atoms. The lowest BCUT2D eigenvalue weighted by atomic mass is 10.3. The summed E-state index contributed by atoms with van der Waals surface area (Å²) in [5, 5.41) is 2.70. The van der Waals surface area contributed by atoms with E-state index in [-0.39, 0.29) is 24.9 Å². The first-order chi connectivity index (χ1) is 7.19. The molecule has 3 N–H and O–H groups in total. The minimum Gasteiger partial charge on any atom is -0.370 e. The van der Waals surface area contributed by atoms with E-state index >= 15 is 0 Å². The summed E-state index contributed by atoms with van der Waals surface area (Å²) in [6, 6.07) is 0. The Kier molecular flexibility index (Phi) is 4.51. The van der Waals surface area contributed by atoms with Crippen molar-refractivity contribution in [3.8, 4) is 0 Å². The molecule has 0 aromatic rings. The lowest BCUT2D eigenvalue weighted by molar-refractivity contribution is -0.143. The second-order valence-electron chi connectivity index (χ2n) is 3.42. The van der Waals surface area contributed by atoms with Gasteiger partial charge in [-0.2, -0.15) is 0 Å². The zero-order valence-electron chi connectivity index (χ0n) is 8.86. The molecule has 6 nitrogen and oxygen atoms in total. The maximum absolute atomic E-state index is 11.8. The van der Waals surface area contributed by atoms with Crippen molar-refractivity contribution < 1.29 is 14.3 Å². The lowest BCUT2D eigenvalue weighted by Crippen LogP contribution is -2.46. The van der Waals surface area contributed by atoms with Crippen LogP contribution in [0.5, 0.6) is 0 Å². The van der Waals surface area contributed by atoms with E-state index in [1.54, 1.807) is 0 Å². The number of methoxy groups -OCH3 is 1. The van der Waals surface area contributed by atoms with Crippen molar-refractivity contribution in [3.05, 3.63) is 0 Å². The van der Waals surface area contributed by atoms with Crippen LogP contribution in [0.1, 0.15) is 6.42 Å². The minimum atomic E-state index is -0.643. The van der Waals surface area contributed by atoms with Crippen molar-refractivity contribution in [3.63, 3.8) is 0 Å². The fraction of sp³-hybridized carbons (Fsp3) is 0.778. The quantitative estimate of drug-likeness (QED) is 0.588. The Hall–Kier alpha value is -1.14. The third-order valence-electron chi connectivity index (χ3n) is 2.35. The summed E-state index contributed by atoms with van der Waals surface area (Å²) in [4.78, 5) is 24.5. The molecule has 1 rings (SSSR count). The van der Waals surface area contributed by atoms with Gasteiger partial charge in [0.2, 0.25) is 5.91 Å². The van der Waals surface area contributed by atoms with Gasteiger partial charge in [0.1, 0.15) is 6.10 Å². The van der Waals surface area contributed by atoms with Crippen LogP contribution < -0.4 is 11.1 Å². The summed E-state index contributed by atoms with van der Waals surface area (Å²) in [7, 11) is 1.44. The molecule has 1 aliphatic rings. The van der Waals surface area contributed by atoms with Gasteiger partial charge >= 0.3 is 0 Å². The van der Waals surface area contributed by atoms with Gasteiger partial charge in [-0.05, 0) is 6.42 Å². The first-order valence-electron chi connectivity index (χ1n) is 4.97. The molecule has 0 saturated carbocycles. The maximum atomic E-state index is 11.8. The van der Waals surface area contributed by atoms with Gasteiger partial charge in [-0.25, -0.2) is 0 Å². The molecule has 86 valence electrons. The molecule has 0 aromatic heterocycles. The van der Waals surface area contributed by atoms with Crippen molar-refractivity contribution in [2.45, 2.75) is 12.5 Å². The Morgan fingerprint density at radius 3 is 3.07 bits per heavy atom. The second kappa shape index (κ2) is 5.67. The maximum Gasteiger partial charge on any atom is 0.253 e. The number of carbonyl (C=O) groups excluding carboxylic acids is 2. The van der Waals surface area contributed by atoms with Crippen molar-refractivity contribution in [2.24, 2.45) is 5.73 Å². The van der Waals surface area contributed by atoms with Crippen LogP contribution in [0.15, 0.2) is 0 Å². The van der Waals surface area contributed by atoms with E-state index in [0.29, 0.717) is 13.1 Å². The van der Waals surface area contributed by atoms with E-state index in [0.717, 1.165) is 6.42 Å². The molecule has 1 aliphatic heterocycles. The number of carbonyl (C=O) groups is 2. The smallest absolute Gasteiger partial charge is 0.253 e. The number of ether oxygens (including phenoxy) is 1. The van der Waals surface area contributed by atoms with Gasteiger partial charge in [-0.15, -0.1) is 0 Å². The Morgan fingerprint density at radius 1 is 1.73 bits per heavy atom. The van der Waals surface area contributed by atoms with Crippen LogP contribution >= 0.6 is 0 Å². The first kappa shape index (κ1) is 11.9. The molecule has 0 spiro atoms. The van der Waals surface area contributed by atoms with Crippen LogP contribution in [0.3, 0.4) is 0 Å². The predicted octanol–water partition coefficient (Wildman–Crippen LogP) is -1.69. The van der Waals surface area contributed by atoms with Crippen molar-refractivity contribution in [1.29, 1.82) is 0 Å². The molecule has 15 heavy (non-hydrogen) atoms. The first-order valence-corrected chi connectivity index (χ1v) is 4.97. The zero-order valence-corrected chi connectivity index (χ0v) is 8.86. The second-order valence-corrected chi connectivity index (χ2v) is 3.42. The fourth-order valence-corrected chi connectivity index (χ4v) is 1.50. The summed E-state index contributed by atoms with van der Waals surface area (Å²) >= 11 is 0. The Morgan fingerprint density at radius 2 is 2.47 bits per heavy atom. The Labute approximate surface area is 88.7 Å². The average molecular weight is 215 g/mol. The number of hydrogen-bond donors (Lipinski definition) is 2. The van der Waals surface area contributed by atoms with Crippen molar-refractivity contribution >= 4 is 11.8 Å². The van der Waals surface area contributed by atoms with Crippen LogP contribution in [0.4, 0.5) is 0 Å². The molecule has 0 radical (unpaired) electrons. The predicted molar refractivity (Wildman–Crippen MR) is 54.1 cm³/mol. The van der Waals surface area contributed by atoms with Crippen molar-refractivity contribution in [1.82, 2.24) is 10.2 Å². The number of nitrogens with one attached hydrogen (secondary N) is 1. The highest BCUT2D eigenvalue weighted by molar-refractivity contribution is 5.87. The summed E-state index contributed by atoms with van der Waals surface area (Å²) in [6.07, 6.45) is 0.120. The number of rotatable bonds is 3. The minimum absolute atomic E-state index is 0.0959. The number of amides is 2. The third kappa shape index (κ3) is 3.17. The number of nitrogens with zero attached hydrogens (tertiary/aromatic N) is 1. The van der Waals surface area contributed by atoms with E-state index < -0.39 is 6.10 Å². The molecule has 1 heterocycles. The van der Waals surface area contributed by atoms with Gasteiger partial charge in [0, 0.05) is 26.7 Å². The molecular weight excluding hydrogens is 198 g/mol. The van der Waals surface area contributed by atoms with E-state index in [1.807, 2.05) is 0 Å². The highest BCUT2D eigenvalue weighted by Gasteiger charge is 2.25. The van der Waals surface area contributed by atoms with Gasteiger partial charge in [0.05, 0.1) is 6.54 Å². The van der Waals surface area contributed by atoms with Gasteiger partial charge in [-0.1, -0.05) is 0 Å². The van der Waals surface area contributed by atoms with Gasteiger partial charge < -0.3 is 20.7 Å². The third-order valence-corrected chi connectivity index (χ3v) is 2.35. The van der Waals surface area contributed by atoms with Gasteiger partial charge in [0.15, 0.2) is 0 Å². The van der Waals surface area contributed by atoms with Gasteiger partial charge in [-0.3, -0.25) is 9.59 Å². The molecule has 1 unspecified atom stereocenters. The molecule has 1 fully saturated rings. The van der Waals surface area contributed by atoms with E-state index in [9.17, 15) is 9.59 Å². The number of hydrogen-bond acceptors (Lipinski definition) is 4. The molecule has 6 heteroatoms. The standard InChI is InChI=1S/C9H17N3O3/c1-15-7(5-10)9(14)12-4-2-3-11-8(13)6-12/h7H,2-6,10H2,1H3,(H,11,13). The fourth-order valence-electron chi connectivity index (χ4n) is 1.50. The van der Waals surface area contributed by atoms with Crippen LogP contribution in [0.25, 0.3) is 0 Å². The van der Waals surface area contributed by atoms with E-state index in [1.165, 1.54) is 12.0 Å². The monoisotopic (exact) mass is 215 g/mol. The molecule has 0 aliphatic carbocycles. The largest absolute Gasteiger partial charge is 0.370 e. The molecule has 1 atom stereocenters. The summed E-state index contributed by atoms with van der Waals surface area (Å²) in [6.45, 7) is 1.41. The zero-order chi connectivity index (χ0) is 11.3. The van der Waals surface area contributed by atoms with E-state index in [4.69, 9.17) is 10.5 Å². The topological polar surface area (TPSA) is 84.7 Å². The Bertz CT molecular complexity index is 241. The lowest BCUT2D eigenvalue weighted by Gasteiger charge is -2.23. The van der Waals surface area contributed by atoms with Gasteiger partial charge in [0.25, 0.3) is 5.91 Å².